The topological polar surface area (TPSA) is 89.5 Å². The molecule has 0 aromatic heterocycles. The van der Waals surface area contributed by atoms with Gasteiger partial charge in [-0.25, -0.2) is 4.39 Å². The van der Waals surface area contributed by atoms with Crippen molar-refractivity contribution in [3.05, 3.63) is 33.6 Å². The minimum Gasteiger partial charge on any atom is -0.396 e. The van der Waals surface area contributed by atoms with Crippen molar-refractivity contribution < 1.29 is 14.1 Å². The third-order valence-corrected chi connectivity index (χ3v) is 4.36. The van der Waals surface area contributed by atoms with Gasteiger partial charge in [0, 0.05) is 24.1 Å². The molecule has 0 bridgehead atoms. The van der Waals surface area contributed by atoms with Crippen LogP contribution in [0.4, 0.5) is 15.8 Å². The molecular weight excluding hydrogens is 285 g/mol. The number of carbonyl (C=O) groups is 1. The van der Waals surface area contributed by atoms with Gasteiger partial charge < -0.3 is 10.6 Å². The molecule has 6 nitrogen and oxygen atoms in total. The standard InChI is InChI=1S/C12H14FN3O3S/c1-7-6-20-3-2-15(7)12(17)8-4-10(14)9(13)5-11(8)16(18)19/h4-5,7H,2-3,6,14H2,1H3. The summed E-state index contributed by atoms with van der Waals surface area (Å²) in [5.74, 6) is 0.184. The first-order valence-corrected chi connectivity index (χ1v) is 7.19. The Morgan fingerprint density at radius 3 is 2.90 bits per heavy atom. The third kappa shape index (κ3) is 2.69. The highest BCUT2D eigenvalue weighted by Crippen LogP contribution is 2.27. The summed E-state index contributed by atoms with van der Waals surface area (Å²) in [5, 5.41) is 11.0. The predicted octanol–water partition coefficient (Wildman–Crippen LogP) is 1.89. The number of anilines is 1. The van der Waals surface area contributed by atoms with Crippen LogP contribution in [-0.2, 0) is 0 Å². The number of hydrogen-bond donors (Lipinski definition) is 1. The highest BCUT2D eigenvalue weighted by Gasteiger charge is 2.30. The van der Waals surface area contributed by atoms with E-state index in [2.05, 4.69) is 0 Å². The van der Waals surface area contributed by atoms with Crippen molar-refractivity contribution in [1.82, 2.24) is 4.90 Å². The van der Waals surface area contributed by atoms with Crippen LogP contribution in [0.2, 0.25) is 0 Å². The molecule has 1 aliphatic rings. The number of benzene rings is 1. The monoisotopic (exact) mass is 299 g/mol. The van der Waals surface area contributed by atoms with Crippen LogP contribution in [-0.4, -0.2) is 39.8 Å². The van der Waals surface area contributed by atoms with Gasteiger partial charge in [0.25, 0.3) is 11.6 Å². The predicted molar refractivity (Wildman–Crippen MR) is 75.3 cm³/mol. The van der Waals surface area contributed by atoms with E-state index >= 15 is 0 Å². The van der Waals surface area contributed by atoms with Gasteiger partial charge >= 0.3 is 0 Å². The molecule has 1 aromatic carbocycles. The molecule has 20 heavy (non-hydrogen) atoms. The molecule has 0 aliphatic carbocycles. The van der Waals surface area contributed by atoms with Crippen molar-refractivity contribution in [1.29, 1.82) is 0 Å². The number of nitro groups is 1. The van der Waals surface area contributed by atoms with Gasteiger partial charge in [-0.1, -0.05) is 0 Å². The maximum atomic E-state index is 13.3. The van der Waals surface area contributed by atoms with Crippen molar-refractivity contribution in [2.45, 2.75) is 13.0 Å². The van der Waals surface area contributed by atoms with Crippen LogP contribution in [0, 0.1) is 15.9 Å². The zero-order chi connectivity index (χ0) is 14.9. The number of hydrogen-bond acceptors (Lipinski definition) is 5. The number of halogens is 1. The van der Waals surface area contributed by atoms with E-state index < -0.39 is 22.3 Å². The first-order chi connectivity index (χ1) is 9.41. The molecular formula is C12H14FN3O3S. The van der Waals surface area contributed by atoms with Crippen LogP contribution < -0.4 is 5.73 Å². The van der Waals surface area contributed by atoms with E-state index in [1.165, 1.54) is 0 Å². The van der Waals surface area contributed by atoms with E-state index in [1.54, 1.807) is 16.7 Å². The number of nitrogens with zero attached hydrogens (tertiary/aromatic N) is 2. The van der Waals surface area contributed by atoms with Crippen LogP contribution in [0.15, 0.2) is 12.1 Å². The third-order valence-electron chi connectivity index (χ3n) is 3.17. The van der Waals surface area contributed by atoms with E-state index in [1.807, 2.05) is 6.92 Å². The van der Waals surface area contributed by atoms with Gasteiger partial charge in [0.1, 0.15) is 5.56 Å². The normalized spacial score (nSPS) is 18.9. The summed E-state index contributed by atoms with van der Waals surface area (Å²) in [6.07, 6.45) is 0. The van der Waals surface area contributed by atoms with Crippen molar-refractivity contribution in [3.8, 4) is 0 Å². The van der Waals surface area contributed by atoms with Gasteiger partial charge in [0.15, 0.2) is 5.82 Å². The number of rotatable bonds is 2. The van der Waals surface area contributed by atoms with Gasteiger partial charge in [-0.15, -0.1) is 0 Å². The van der Waals surface area contributed by atoms with Gasteiger partial charge in [-0.3, -0.25) is 14.9 Å². The molecule has 8 heteroatoms. The molecule has 1 fully saturated rings. The quantitative estimate of drug-likeness (QED) is 0.512. The lowest BCUT2D eigenvalue weighted by Gasteiger charge is -2.33. The average molecular weight is 299 g/mol. The van der Waals surface area contributed by atoms with Gasteiger partial charge in [-0.05, 0) is 13.0 Å². The number of nitrogen functional groups attached to an aromatic ring is 1. The van der Waals surface area contributed by atoms with Crippen molar-refractivity contribution in [2.24, 2.45) is 0 Å². The molecule has 1 saturated heterocycles. The summed E-state index contributed by atoms with van der Waals surface area (Å²) in [7, 11) is 0. The van der Waals surface area contributed by atoms with Gasteiger partial charge in [0.2, 0.25) is 0 Å². The molecule has 0 saturated carbocycles. The summed E-state index contributed by atoms with van der Waals surface area (Å²) in [4.78, 5) is 24.2. The molecule has 1 aromatic rings. The fourth-order valence-electron chi connectivity index (χ4n) is 2.09. The molecule has 108 valence electrons. The van der Waals surface area contributed by atoms with E-state index in [0.29, 0.717) is 12.6 Å². The molecule has 2 rings (SSSR count). The number of nitrogens with two attached hydrogens (primary N) is 1. The second kappa shape index (κ2) is 5.66. The number of carbonyl (C=O) groups excluding carboxylic acids is 1. The summed E-state index contributed by atoms with van der Waals surface area (Å²) in [6, 6.07) is 1.73. The Bertz CT molecular complexity index is 567. The van der Waals surface area contributed by atoms with Crippen LogP contribution in [0.1, 0.15) is 17.3 Å². The van der Waals surface area contributed by atoms with Crippen molar-refractivity contribution in [3.63, 3.8) is 0 Å². The second-order valence-corrected chi connectivity index (χ2v) is 5.72. The molecule has 0 radical (unpaired) electrons. The Hall–Kier alpha value is -1.83. The molecule has 1 aliphatic heterocycles. The summed E-state index contributed by atoms with van der Waals surface area (Å²) in [6.45, 7) is 2.39. The Morgan fingerprint density at radius 2 is 2.30 bits per heavy atom. The molecule has 1 unspecified atom stereocenters. The highest BCUT2D eigenvalue weighted by molar-refractivity contribution is 7.99. The highest BCUT2D eigenvalue weighted by atomic mass is 32.2. The Balaban J connectivity index is 2.42. The molecule has 1 heterocycles. The Kier molecular flexibility index (Phi) is 4.12. The maximum absolute atomic E-state index is 13.3. The summed E-state index contributed by atoms with van der Waals surface area (Å²) in [5.41, 5.74) is 4.44. The lowest BCUT2D eigenvalue weighted by molar-refractivity contribution is -0.385. The van der Waals surface area contributed by atoms with Crippen LogP contribution in [0.25, 0.3) is 0 Å². The van der Waals surface area contributed by atoms with Gasteiger partial charge in [-0.2, -0.15) is 11.8 Å². The minimum absolute atomic E-state index is 0.0212. The first-order valence-electron chi connectivity index (χ1n) is 6.04. The molecule has 1 amide bonds. The fraction of sp³-hybridized carbons (Fsp3) is 0.417. The van der Waals surface area contributed by atoms with Crippen LogP contribution >= 0.6 is 11.8 Å². The van der Waals surface area contributed by atoms with E-state index in [9.17, 15) is 19.3 Å². The summed E-state index contributed by atoms with van der Waals surface area (Å²) >= 11 is 1.72. The lowest BCUT2D eigenvalue weighted by Crippen LogP contribution is -2.44. The van der Waals surface area contributed by atoms with Gasteiger partial charge in [0.05, 0.1) is 16.7 Å². The molecule has 2 N–H and O–H groups in total. The van der Waals surface area contributed by atoms with E-state index in [4.69, 9.17) is 5.73 Å². The van der Waals surface area contributed by atoms with Crippen molar-refractivity contribution >= 4 is 29.0 Å². The number of nitro benzene ring substituents is 1. The molecule has 0 spiro atoms. The van der Waals surface area contributed by atoms with Crippen molar-refractivity contribution in [2.75, 3.05) is 23.8 Å². The lowest BCUT2D eigenvalue weighted by atomic mass is 10.1. The number of amides is 1. The van der Waals surface area contributed by atoms with E-state index in [0.717, 1.165) is 17.6 Å². The zero-order valence-electron chi connectivity index (χ0n) is 10.8. The largest absolute Gasteiger partial charge is 0.396 e. The first kappa shape index (κ1) is 14.6. The summed E-state index contributed by atoms with van der Waals surface area (Å²) < 4.78 is 13.3. The Morgan fingerprint density at radius 1 is 1.60 bits per heavy atom. The minimum atomic E-state index is -0.893. The maximum Gasteiger partial charge on any atom is 0.285 e. The Labute approximate surface area is 119 Å². The van der Waals surface area contributed by atoms with E-state index in [-0.39, 0.29) is 17.3 Å². The molecule has 1 atom stereocenters. The number of thioether (sulfide) groups is 1. The fourth-order valence-corrected chi connectivity index (χ4v) is 3.10. The van der Waals surface area contributed by atoms with Crippen LogP contribution in [0.5, 0.6) is 0 Å². The second-order valence-electron chi connectivity index (χ2n) is 4.57. The zero-order valence-corrected chi connectivity index (χ0v) is 11.7. The average Bonchev–Trinajstić information content (AvgIpc) is 2.41. The van der Waals surface area contributed by atoms with Crippen LogP contribution in [0.3, 0.4) is 0 Å². The smallest absolute Gasteiger partial charge is 0.285 e. The SMILES string of the molecule is CC1CSCCN1C(=O)c1cc(N)c(F)cc1[N+](=O)[O-].